The first-order valence-corrected chi connectivity index (χ1v) is 22.9. The lowest BCUT2D eigenvalue weighted by Crippen LogP contribution is -2.66. The van der Waals surface area contributed by atoms with Crippen LogP contribution in [-0.2, 0) is 17.8 Å². The molecule has 2 aromatic carbocycles. The molecule has 0 bridgehead atoms. The molecular weight excluding hydrogens is 782 g/mol. The number of aromatic nitrogens is 3. The van der Waals surface area contributed by atoms with Crippen molar-refractivity contribution in [3.63, 3.8) is 0 Å². The maximum absolute atomic E-state index is 15.3. The molecule has 1 spiro atoms. The monoisotopic (exact) mass is 841 g/mol. The van der Waals surface area contributed by atoms with Gasteiger partial charge in [0.25, 0.3) is 5.91 Å². The van der Waals surface area contributed by atoms with E-state index in [1.165, 1.54) is 23.8 Å². The minimum atomic E-state index is -1.34. The second-order valence-electron chi connectivity index (χ2n) is 20.7. The van der Waals surface area contributed by atoms with Crippen LogP contribution in [0.15, 0.2) is 61.1 Å². The van der Waals surface area contributed by atoms with Crippen LogP contribution in [0.3, 0.4) is 0 Å². The summed E-state index contributed by atoms with van der Waals surface area (Å²) in [4.78, 5) is 51.5. The van der Waals surface area contributed by atoms with Crippen LogP contribution in [0.4, 0.5) is 16.0 Å². The summed E-state index contributed by atoms with van der Waals surface area (Å²) in [5, 5.41) is 4.09. The van der Waals surface area contributed by atoms with Crippen LogP contribution >= 0.6 is 0 Å². The maximum Gasteiger partial charge on any atom is 0.255 e. The van der Waals surface area contributed by atoms with Crippen LogP contribution in [-0.4, -0.2) is 117 Å². The number of hydrogen-bond acceptors (Lipinski definition) is 9. The van der Waals surface area contributed by atoms with Crippen molar-refractivity contribution >= 4 is 34.4 Å². The number of halogens is 1. The van der Waals surface area contributed by atoms with Crippen LogP contribution in [0.2, 0.25) is 0 Å². The predicted molar refractivity (Wildman–Crippen MR) is 238 cm³/mol. The number of allylic oxidation sites excluding steroid dienone is 1. The third-order valence-corrected chi connectivity index (χ3v) is 15.5. The summed E-state index contributed by atoms with van der Waals surface area (Å²) in [6, 6.07) is 12.0. The minimum Gasteiger partial charge on any atom is -0.489 e. The number of carbonyl (C=O) groups is 2. The minimum absolute atomic E-state index is 0.0917. The van der Waals surface area contributed by atoms with Gasteiger partial charge in [-0.2, -0.15) is 0 Å². The third-order valence-electron chi connectivity index (χ3n) is 15.5. The largest absolute Gasteiger partial charge is 0.489 e. The first-order valence-electron chi connectivity index (χ1n) is 22.9. The zero-order valence-corrected chi connectivity index (χ0v) is 36.7. The van der Waals surface area contributed by atoms with Crippen LogP contribution in [0.25, 0.3) is 10.9 Å². The third kappa shape index (κ3) is 6.67. The summed E-state index contributed by atoms with van der Waals surface area (Å²) in [6.45, 7) is 18.9. The Kier molecular flexibility index (Phi) is 9.32. The molecule has 326 valence electrons. The molecule has 11 rings (SSSR count). The highest BCUT2D eigenvalue weighted by Gasteiger charge is 2.50. The van der Waals surface area contributed by atoms with Gasteiger partial charge in [-0.05, 0) is 108 Å². The number of fused-ring (bicyclic) bond motifs is 8. The number of alkyl halides is 1. The topological polar surface area (TPSA) is 113 Å². The average Bonchev–Trinajstić information content (AvgIpc) is 3.76. The fourth-order valence-electron chi connectivity index (χ4n) is 12.6. The Morgan fingerprint density at radius 2 is 1.79 bits per heavy atom. The molecule has 1 aliphatic carbocycles. The van der Waals surface area contributed by atoms with Crippen LogP contribution in [0, 0.1) is 11.3 Å². The van der Waals surface area contributed by atoms with Gasteiger partial charge in [-0.3, -0.25) is 19.4 Å². The zero-order chi connectivity index (χ0) is 42.7. The van der Waals surface area contributed by atoms with Gasteiger partial charge >= 0.3 is 0 Å². The average molecular weight is 842 g/mol. The fourth-order valence-corrected chi connectivity index (χ4v) is 12.6. The molecule has 12 nitrogen and oxygen atoms in total. The van der Waals surface area contributed by atoms with Gasteiger partial charge in [0.2, 0.25) is 11.9 Å². The van der Waals surface area contributed by atoms with E-state index in [2.05, 4.69) is 80.7 Å². The highest BCUT2D eigenvalue weighted by atomic mass is 19.1. The van der Waals surface area contributed by atoms with Gasteiger partial charge in [0.15, 0.2) is 0 Å². The molecule has 62 heavy (non-hydrogen) atoms. The maximum atomic E-state index is 15.3. The summed E-state index contributed by atoms with van der Waals surface area (Å²) < 4.78 is 21.9. The molecule has 13 heteroatoms. The molecule has 3 saturated heterocycles. The quantitative estimate of drug-likeness (QED) is 0.209. The molecule has 4 atom stereocenters. The van der Waals surface area contributed by atoms with Crippen molar-refractivity contribution in [2.75, 3.05) is 62.2 Å². The number of nitrogens with one attached hydrogen (secondary N) is 2. The second-order valence-corrected chi connectivity index (χ2v) is 20.7. The number of hydrogen-bond donors (Lipinski definition) is 2. The van der Waals surface area contributed by atoms with E-state index in [4.69, 9.17) is 14.7 Å². The molecule has 2 unspecified atom stereocenters. The first kappa shape index (κ1) is 39.8. The molecule has 8 heterocycles. The van der Waals surface area contributed by atoms with E-state index in [-0.39, 0.29) is 29.4 Å². The van der Waals surface area contributed by atoms with Gasteiger partial charge in [-0.1, -0.05) is 24.8 Å². The van der Waals surface area contributed by atoms with Crippen molar-refractivity contribution in [3.8, 4) is 5.75 Å². The van der Waals surface area contributed by atoms with Crippen LogP contribution < -0.4 is 19.9 Å². The van der Waals surface area contributed by atoms with Crippen molar-refractivity contribution in [1.82, 2.24) is 35.0 Å². The smallest absolute Gasteiger partial charge is 0.255 e. The van der Waals surface area contributed by atoms with E-state index < -0.39 is 11.7 Å². The summed E-state index contributed by atoms with van der Waals surface area (Å²) >= 11 is 0. The Bertz CT molecular complexity index is 2450. The van der Waals surface area contributed by atoms with Gasteiger partial charge in [0.05, 0.1) is 23.8 Å². The van der Waals surface area contributed by atoms with Crippen LogP contribution in [0.5, 0.6) is 5.75 Å². The van der Waals surface area contributed by atoms with Gasteiger partial charge in [-0.15, -0.1) is 0 Å². The Balaban J connectivity index is 0.704. The number of amides is 2. The van der Waals surface area contributed by atoms with E-state index in [9.17, 15) is 9.59 Å². The number of piperazine rings is 1. The van der Waals surface area contributed by atoms with Crippen LogP contribution in [0.1, 0.15) is 105 Å². The molecule has 1 saturated carbocycles. The lowest BCUT2D eigenvalue weighted by Gasteiger charge is -2.56. The van der Waals surface area contributed by atoms with Crippen molar-refractivity contribution in [1.29, 1.82) is 0 Å². The number of benzene rings is 2. The lowest BCUT2D eigenvalue weighted by atomic mass is 9.57. The molecule has 4 aromatic rings. The van der Waals surface area contributed by atoms with Gasteiger partial charge in [0.1, 0.15) is 24.1 Å². The number of para-hydroxylation sites is 1. The van der Waals surface area contributed by atoms with Gasteiger partial charge in [-0.25, -0.2) is 14.4 Å². The molecule has 2 aromatic heterocycles. The lowest BCUT2D eigenvalue weighted by molar-refractivity contribution is -0.126. The van der Waals surface area contributed by atoms with Crippen molar-refractivity contribution in [3.05, 3.63) is 89.0 Å². The number of carbonyl (C=O) groups excluding carboxylic acids is 2. The number of nitrogens with zero attached hydrogens (tertiary/aromatic N) is 7. The SMILES string of the molecule is C=C1CCC(N2Cc3c(ccc4c3OC[C@@]3(C)CN(CC5CC6(CCN(c7ncc([C@@H]8c9[nH]c%10ccccc%10c9CC(C)N8CC(C)(C)F)cn7)CC6)C5)CCN43)C2=O)C(=O)N1. The second kappa shape index (κ2) is 14.5. The number of anilines is 2. The van der Waals surface area contributed by atoms with Crippen molar-refractivity contribution in [2.45, 2.75) is 109 Å². The first-order chi connectivity index (χ1) is 29.7. The Hall–Kier alpha value is -5.01. The number of H-pyrrole nitrogens is 1. The van der Waals surface area contributed by atoms with Gasteiger partial charge < -0.3 is 29.7 Å². The summed E-state index contributed by atoms with van der Waals surface area (Å²) in [7, 11) is 0. The summed E-state index contributed by atoms with van der Waals surface area (Å²) in [6.07, 6.45) is 11.0. The fraction of sp³-hybridized carbons (Fsp3) is 0.551. The number of rotatable bonds is 7. The summed E-state index contributed by atoms with van der Waals surface area (Å²) in [5.41, 5.74) is 6.81. The number of ether oxygens (including phenoxy) is 1. The van der Waals surface area contributed by atoms with E-state index in [1.807, 2.05) is 18.5 Å². The molecule has 4 fully saturated rings. The molecule has 0 radical (unpaired) electrons. The Morgan fingerprint density at radius 1 is 1.02 bits per heavy atom. The molecule has 6 aliphatic heterocycles. The highest BCUT2D eigenvalue weighted by molar-refractivity contribution is 6.03. The van der Waals surface area contributed by atoms with Crippen molar-refractivity contribution in [2.24, 2.45) is 11.3 Å². The van der Waals surface area contributed by atoms with E-state index >= 15 is 4.39 Å². The number of piperidine rings is 2. The Labute approximate surface area is 363 Å². The Morgan fingerprint density at radius 3 is 2.55 bits per heavy atom. The molecule has 7 aliphatic rings. The predicted octanol–water partition coefficient (Wildman–Crippen LogP) is 6.76. The van der Waals surface area contributed by atoms with E-state index in [0.29, 0.717) is 55.1 Å². The molecule has 2 N–H and O–H groups in total. The van der Waals surface area contributed by atoms with E-state index in [1.54, 1.807) is 18.7 Å². The van der Waals surface area contributed by atoms with Gasteiger partial charge in [0, 0.05) is 103 Å². The molecular formula is C49H60FN9O3. The normalized spacial score (nSPS) is 27.7. The zero-order valence-electron chi connectivity index (χ0n) is 36.7. The standard InChI is InChI=1S/C49H60FN9O3/c1-30-10-12-40(44(60)53-30)57-26-37-35(45(57)61)11-13-39-43(37)62-29-48(5)28-55(18-19-59(39)48)25-32-21-49(22-32)14-16-56(17-15-49)46-51-23-33(24-52-46)42-41-36(34-8-6-7-9-38(34)54-41)20-31(2)58(42)27-47(3,4)50/h6-9,11,13,23-24,31-32,40,42,54H,1,10,12,14-22,25-29H2,2-5H3,(H,53,60)/t31?,40?,42-,48-/m1/s1. The highest BCUT2D eigenvalue weighted by Crippen LogP contribution is 2.54. The van der Waals surface area contributed by atoms with Crippen molar-refractivity contribution < 1.29 is 18.7 Å². The number of aromatic amines is 1. The summed E-state index contributed by atoms with van der Waals surface area (Å²) in [5.74, 6) is 2.06. The van der Waals surface area contributed by atoms with E-state index in [0.717, 1.165) is 98.3 Å². The molecule has 2 amide bonds.